The Morgan fingerprint density at radius 3 is 2.36 bits per heavy atom. The van der Waals surface area contributed by atoms with Crippen LogP contribution in [0.25, 0.3) is 0 Å². The van der Waals surface area contributed by atoms with E-state index in [0.29, 0.717) is 17.8 Å². The number of nitrogens with one attached hydrogen (secondary N) is 1. The van der Waals surface area contributed by atoms with Gasteiger partial charge in [0.1, 0.15) is 0 Å². The van der Waals surface area contributed by atoms with Crippen LogP contribution in [0.2, 0.25) is 0 Å². The maximum atomic E-state index is 12.8. The van der Waals surface area contributed by atoms with Crippen LogP contribution in [0.15, 0.2) is 0 Å². The van der Waals surface area contributed by atoms with E-state index in [0.717, 1.165) is 25.3 Å². The number of nitrogens with zero attached hydrogens (tertiary/aromatic N) is 3. The second kappa shape index (κ2) is 8.98. The van der Waals surface area contributed by atoms with Crippen LogP contribution in [0.1, 0.15) is 92.4 Å². The Morgan fingerprint density at radius 1 is 1.00 bits per heavy atom. The highest BCUT2D eigenvalue weighted by Crippen LogP contribution is 2.30. The molecule has 0 bridgehead atoms. The zero-order valence-electron chi connectivity index (χ0n) is 17.9. The summed E-state index contributed by atoms with van der Waals surface area (Å²) in [7, 11) is 3.69. The minimum atomic E-state index is 0.0666. The molecule has 5 heteroatoms. The number of amides is 1. The lowest BCUT2D eigenvalue weighted by molar-refractivity contribution is 0.0819. The molecular formula is C23H38N4O. The molecule has 2 fully saturated rings. The molecule has 156 valence electrons. The molecule has 0 aliphatic heterocycles. The number of carbonyl (C=O) groups excluding carboxylic acids is 1. The highest BCUT2D eigenvalue weighted by atomic mass is 16.2. The molecule has 2 saturated carbocycles. The number of hydrogen-bond donors (Lipinski definition) is 1. The molecule has 0 radical (unpaired) electrons. The molecule has 3 aliphatic rings. The topological polar surface area (TPSA) is 50.2 Å². The third kappa shape index (κ3) is 4.45. The highest BCUT2D eigenvalue weighted by Gasteiger charge is 2.31. The van der Waals surface area contributed by atoms with E-state index in [4.69, 9.17) is 5.10 Å². The molecule has 1 atom stereocenters. The molecule has 5 nitrogen and oxygen atoms in total. The largest absolute Gasteiger partial charge is 0.343 e. The molecular weight excluding hydrogens is 348 g/mol. The standard InChI is InChI=1S/C23H38N4O/c1-26(2)23(28)22-20-15-19(24-18-11-7-4-8-12-18)13-14-21(20)27(25-22)16-17-9-5-3-6-10-17/h17-19,24H,3-16H2,1-2H3. The van der Waals surface area contributed by atoms with Crippen molar-refractivity contribution < 1.29 is 4.79 Å². The molecule has 1 heterocycles. The SMILES string of the molecule is CN(C)C(=O)c1nn(CC2CCCCC2)c2c1CC(NC1CCCCC1)CC2. The van der Waals surface area contributed by atoms with Gasteiger partial charge in [-0.1, -0.05) is 38.5 Å². The molecule has 1 aromatic heterocycles. The first-order valence-electron chi connectivity index (χ1n) is 11.7. The van der Waals surface area contributed by atoms with Crippen LogP contribution in [0, 0.1) is 5.92 Å². The summed E-state index contributed by atoms with van der Waals surface area (Å²) in [4.78, 5) is 14.5. The Labute approximate surface area is 170 Å². The molecule has 0 saturated heterocycles. The van der Waals surface area contributed by atoms with Crippen LogP contribution < -0.4 is 5.32 Å². The third-order valence-corrected chi connectivity index (χ3v) is 7.19. The molecule has 1 amide bonds. The number of rotatable bonds is 5. The number of fused-ring (bicyclic) bond motifs is 1. The lowest BCUT2D eigenvalue weighted by atomic mass is 9.87. The fourth-order valence-electron chi connectivity index (χ4n) is 5.58. The van der Waals surface area contributed by atoms with Crippen molar-refractivity contribution >= 4 is 5.91 Å². The van der Waals surface area contributed by atoms with E-state index in [1.807, 2.05) is 14.1 Å². The minimum absolute atomic E-state index is 0.0666. The van der Waals surface area contributed by atoms with Gasteiger partial charge in [-0.15, -0.1) is 0 Å². The van der Waals surface area contributed by atoms with Crippen molar-refractivity contribution in [1.29, 1.82) is 0 Å². The van der Waals surface area contributed by atoms with Gasteiger partial charge in [-0.25, -0.2) is 0 Å². The zero-order valence-corrected chi connectivity index (χ0v) is 17.9. The Hall–Kier alpha value is -1.36. The van der Waals surface area contributed by atoms with E-state index in [-0.39, 0.29) is 5.91 Å². The average molecular weight is 387 g/mol. The fraction of sp³-hybridized carbons (Fsp3) is 0.826. The Kier molecular flexibility index (Phi) is 6.39. The van der Waals surface area contributed by atoms with Crippen molar-refractivity contribution in [1.82, 2.24) is 20.0 Å². The predicted octanol–water partition coefficient (Wildman–Crippen LogP) is 3.94. The molecule has 1 N–H and O–H groups in total. The minimum Gasteiger partial charge on any atom is -0.343 e. The number of aromatic nitrogens is 2. The van der Waals surface area contributed by atoms with Crippen molar-refractivity contribution in [3.05, 3.63) is 17.0 Å². The number of carbonyl (C=O) groups is 1. The van der Waals surface area contributed by atoms with E-state index in [2.05, 4.69) is 10.00 Å². The van der Waals surface area contributed by atoms with Crippen molar-refractivity contribution in [3.63, 3.8) is 0 Å². The van der Waals surface area contributed by atoms with Gasteiger partial charge in [-0.3, -0.25) is 9.48 Å². The van der Waals surface area contributed by atoms with Crippen molar-refractivity contribution in [2.75, 3.05) is 14.1 Å². The van der Waals surface area contributed by atoms with Crippen molar-refractivity contribution in [2.45, 2.75) is 102 Å². The Bertz CT molecular complexity index is 668. The molecule has 0 spiro atoms. The van der Waals surface area contributed by atoms with Gasteiger partial charge in [0.2, 0.25) is 0 Å². The van der Waals surface area contributed by atoms with Gasteiger partial charge >= 0.3 is 0 Å². The molecule has 1 aromatic rings. The second-order valence-corrected chi connectivity index (χ2v) is 9.60. The van der Waals surface area contributed by atoms with Crippen LogP contribution in [-0.4, -0.2) is 46.8 Å². The van der Waals surface area contributed by atoms with Crippen LogP contribution in [0.5, 0.6) is 0 Å². The molecule has 4 rings (SSSR count). The van der Waals surface area contributed by atoms with E-state index in [1.54, 1.807) is 4.90 Å². The van der Waals surface area contributed by atoms with E-state index in [1.165, 1.54) is 81.9 Å². The quantitative estimate of drug-likeness (QED) is 0.834. The van der Waals surface area contributed by atoms with Crippen LogP contribution in [0.3, 0.4) is 0 Å². The maximum Gasteiger partial charge on any atom is 0.274 e. The molecule has 1 unspecified atom stereocenters. The normalized spacial score (nSPS) is 24.1. The third-order valence-electron chi connectivity index (χ3n) is 7.19. The summed E-state index contributed by atoms with van der Waals surface area (Å²) in [6.07, 6.45) is 16.7. The first-order valence-corrected chi connectivity index (χ1v) is 11.7. The Morgan fingerprint density at radius 2 is 1.68 bits per heavy atom. The molecule has 28 heavy (non-hydrogen) atoms. The second-order valence-electron chi connectivity index (χ2n) is 9.60. The summed E-state index contributed by atoms with van der Waals surface area (Å²) in [6.45, 7) is 1.00. The van der Waals surface area contributed by atoms with E-state index >= 15 is 0 Å². The van der Waals surface area contributed by atoms with Gasteiger partial charge < -0.3 is 10.2 Å². The summed E-state index contributed by atoms with van der Waals surface area (Å²) < 4.78 is 2.22. The average Bonchev–Trinajstić information content (AvgIpc) is 3.06. The van der Waals surface area contributed by atoms with E-state index in [9.17, 15) is 4.79 Å². The summed E-state index contributed by atoms with van der Waals surface area (Å²) in [6, 6.07) is 1.17. The van der Waals surface area contributed by atoms with Crippen molar-refractivity contribution in [2.24, 2.45) is 5.92 Å². The Balaban J connectivity index is 1.52. The van der Waals surface area contributed by atoms with Gasteiger partial charge in [0, 0.05) is 44.0 Å². The lowest BCUT2D eigenvalue weighted by Crippen LogP contribution is -2.43. The van der Waals surface area contributed by atoms with Crippen molar-refractivity contribution in [3.8, 4) is 0 Å². The summed E-state index contributed by atoms with van der Waals surface area (Å²) in [5.41, 5.74) is 3.29. The first-order chi connectivity index (χ1) is 13.6. The van der Waals surface area contributed by atoms with E-state index < -0.39 is 0 Å². The van der Waals surface area contributed by atoms with Gasteiger partial charge in [-0.05, 0) is 50.9 Å². The molecule has 3 aliphatic carbocycles. The smallest absolute Gasteiger partial charge is 0.274 e. The summed E-state index contributed by atoms with van der Waals surface area (Å²) in [5.74, 6) is 0.801. The number of hydrogen-bond acceptors (Lipinski definition) is 3. The lowest BCUT2D eigenvalue weighted by Gasteiger charge is -2.31. The zero-order chi connectivity index (χ0) is 19.5. The maximum absolute atomic E-state index is 12.8. The monoisotopic (exact) mass is 386 g/mol. The summed E-state index contributed by atoms with van der Waals surface area (Å²) in [5, 5.41) is 8.81. The van der Waals surface area contributed by atoms with Crippen LogP contribution in [-0.2, 0) is 19.4 Å². The highest BCUT2D eigenvalue weighted by molar-refractivity contribution is 5.93. The van der Waals surface area contributed by atoms with Gasteiger partial charge in [0.25, 0.3) is 5.91 Å². The van der Waals surface area contributed by atoms with Gasteiger partial charge in [-0.2, -0.15) is 5.10 Å². The summed E-state index contributed by atoms with van der Waals surface area (Å²) >= 11 is 0. The van der Waals surface area contributed by atoms with Gasteiger partial charge in [0.15, 0.2) is 5.69 Å². The van der Waals surface area contributed by atoms with Crippen LogP contribution >= 0.6 is 0 Å². The van der Waals surface area contributed by atoms with Crippen LogP contribution in [0.4, 0.5) is 0 Å². The van der Waals surface area contributed by atoms with Gasteiger partial charge in [0.05, 0.1) is 0 Å². The predicted molar refractivity (Wildman–Crippen MR) is 113 cm³/mol. The fourth-order valence-corrected chi connectivity index (χ4v) is 5.58. The molecule has 0 aromatic carbocycles. The first kappa shape index (κ1) is 19.9.